The van der Waals surface area contributed by atoms with Gasteiger partial charge in [0.25, 0.3) is 15.7 Å². The number of phenolic OH excluding ortho intramolecular Hbond substituents is 1. The van der Waals surface area contributed by atoms with E-state index >= 15 is 0 Å². The fraction of sp³-hybridized carbons (Fsp3) is 0.133. The van der Waals surface area contributed by atoms with Gasteiger partial charge in [0, 0.05) is 17.2 Å². The Morgan fingerprint density at radius 2 is 1.96 bits per heavy atom. The Bertz CT molecular complexity index is 973. The van der Waals surface area contributed by atoms with Crippen LogP contribution in [0.2, 0.25) is 0 Å². The second kappa shape index (κ2) is 6.85. The van der Waals surface area contributed by atoms with Gasteiger partial charge in [-0.05, 0) is 38.1 Å². The van der Waals surface area contributed by atoms with Crippen molar-refractivity contribution < 1.29 is 22.8 Å². The van der Waals surface area contributed by atoms with Gasteiger partial charge < -0.3 is 5.11 Å². The van der Waals surface area contributed by atoms with Crippen LogP contribution in [0.25, 0.3) is 0 Å². The van der Waals surface area contributed by atoms with E-state index in [1.165, 1.54) is 26.0 Å². The molecule has 0 unspecified atom stereocenters. The lowest BCUT2D eigenvalue weighted by Crippen LogP contribution is -2.20. The van der Waals surface area contributed by atoms with Gasteiger partial charge in [-0.2, -0.15) is 18.4 Å². The molecule has 8 nitrogen and oxygen atoms in total. The molecule has 0 spiro atoms. The average molecular weight is 367 g/mol. The standard InChI is InChI=1S/C15H14FN3O5S/c1-9-3-5-12(8-14(9)19(21)22)25(23,24)18-17-10(2)13-7-11(16)4-6-15(13)20/h3-8,18,20H,1-2H3/b17-10+. The highest BCUT2D eigenvalue weighted by Gasteiger charge is 2.19. The molecular formula is C15H14FN3O5S. The van der Waals surface area contributed by atoms with Crippen LogP contribution in [0, 0.1) is 22.9 Å². The van der Waals surface area contributed by atoms with E-state index in [-0.39, 0.29) is 27.6 Å². The Morgan fingerprint density at radius 1 is 1.28 bits per heavy atom. The van der Waals surface area contributed by atoms with Crippen LogP contribution in [-0.2, 0) is 10.0 Å². The van der Waals surface area contributed by atoms with Crippen LogP contribution >= 0.6 is 0 Å². The molecule has 132 valence electrons. The molecule has 0 aliphatic heterocycles. The molecule has 0 aromatic heterocycles. The van der Waals surface area contributed by atoms with Gasteiger partial charge in [0.15, 0.2) is 0 Å². The van der Waals surface area contributed by atoms with Crippen molar-refractivity contribution in [2.45, 2.75) is 18.7 Å². The van der Waals surface area contributed by atoms with Crippen LogP contribution in [0.4, 0.5) is 10.1 Å². The number of phenols is 1. The monoisotopic (exact) mass is 367 g/mol. The fourth-order valence-corrected chi connectivity index (χ4v) is 2.87. The molecule has 2 aromatic carbocycles. The number of benzene rings is 2. The van der Waals surface area contributed by atoms with Crippen LogP contribution in [0.5, 0.6) is 5.75 Å². The third kappa shape index (κ3) is 4.10. The number of halogens is 1. The van der Waals surface area contributed by atoms with Crippen LogP contribution in [0.15, 0.2) is 46.4 Å². The second-order valence-electron chi connectivity index (χ2n) is 5.16. The Hall–Kier alpha value is -3.01. The number of nitrogens with one attached hydrogen (secondary N) is 1. The molecule has 0 saturated heterocycles. The summed E-state index contributed by atoms with van der Waals surface area (Å²) in [6, 6.07) is 6.58. The lowest BCUT2D eigenvalue weighted by molar-refractivity contribution is -0.385. The zero-order valence-electron chi connectivity index (χ0n) is 13.2. The van der Waals surface area contributed by atoms with Crippen molar-refractivity contribution in [1.29, 1.82) is 0 Å². The smallest absolute Gasteiger partial charge is 0.276 e. The highest BCUT2D eigenvalue weighted by molar-refractivity contribution is 7.89. The summed E-state index contributed by atoms with van der Waals surface area (Å²) in [5, 5.41) is 24.2. The minimum atomic E-state index is -4.18. The predicted octanol–water partition coefficient (Wildman–Crippen LogP) is 2.45. The number of nitro benzene ring substituents is 1. The molecule has 25 heavy (non-hydrogen) atoms. The molecule has 2 N–H and O–H groups in total. The first-order valence-electron chi connectivity index (χ1n) is 6.92. The van der Waals surface area contributed by atoms with Crippen molar-refractivity contribution in [3.63, 3.8) is 0 Å². The number of aryl methyl sites for hydroxylation is 1. The molecule has 2 rings (SSSR count). The van der Waals surface area contributed by atoms with Crippen molar-refractivity contribution in [3.05, 3.63) is 63.5 Å². The first kappa shape index (κ1) is 18.3. The first-order chi connectivity index (χ1) is 11.6. The van der Waals surface area contributed by atoms with Crippen molar-refractivity contribution >= 4 is 21.4 Å². The van der Waals surface area contributed by atoms with Gasteiger partial charge in [-0.15, -0.1) is 0 Å². The number of hydrazone groups is 1. The van der Waals surface area contributed by atoms with Gasteiger partial charge in [-0.1, -0.05) is 6.07 Å². The third-order valence-corrected chi connectivity index (χ3v) is 4.58. The SMILES string of the molecule is C/C(=N\NS(=O)(=O)c1ccc(C)c([N+](=O)[O-])c1)c1cc(F)ccc1O. The highest BCUT2D eigenvalue weighted by Crippen LogP contribution is 2.22. The van der Waals surface area contributed by atoms with Crippen molar-refractivity contribution in [3.8, 4) is 5.75 Å². The van der Waals surface area contributed by atoms with Crippen molar-refractivity contribution in [2.75, 3.05) is 0 Å². The van der Waals surface area contributed by atoms with Crippen LogP contribution in [0.1, 0.15) is 18.1 Å². The average Bonchev–Trinajstić information content (AvgIpc) is 2.55. The summed E-state index contributed by atoms with van der Waals surface area (Å²) in [6.07, 6.45) is 0. The predicted molar refractivity (Wildman–Crippen MR) is 88.4 cm³/mol. The summed E-state index contributed by atoms with van der Waals surface area (Å²) in [5.74, 6) is -0.896. The van der Waals surface area contributed by atoms with Crippen LogP contribution < -0.4 is 4.83 Å². The summed E-state index contributed by atoms with van der Waals surface area (Å²) >= 11 is 0. The molecule has 0 atom stereocenters. The quantitative estimate of drug-likeness (QED) is 0.477. The fourth-order valence-electron chi connectivity index (χ4n) is 1.99. The zero-order chi connectivity index (χ0) is 18.8. The minimum absolute atomic E-state index is 0.0117. The maximum absolute atomic E-state index is 13.2. The zero-order valence-corrected chi connectivity index (χ0v) is 14.0. The maximum Gasteiger partial charge on any atom is 0.276 e. The summed E-state index contributed by atoms with van der Waals surface area (Å²) in [6.45, 7) is 2.85. The van der Waals surface area contributed by atoms with Gasteiger partial charge in [-0.25, -0.2) is 4.39 Å². The van der Waals surface area contributed by atoms with Gasteiger partial charge >= 0.3 is 0 Å². The van der Waals surface area contributed by atoms with E-state index in [0.717, 1.165) is 24.3 Å². The number of nitrogens with zero attached hydrogens (tertiary/aromatic N) is 2. The summed E-state index contributed by atoms with van der Waals surface area (Å²) in [7, 11) is -4.18. The lowest BCUT2D eigenvalue weighted by Gasteiger charge is -2.07. The lowest BCUT2D eigenvalue weighted by atomic mass is 10.1. The van der Waals surface area contributed by atoms with E-state index in [2.05, 4.69) is 5.10 Å². The normalized spacial score (nSPS) is 12.0. The van der Waals surface area contributed by atoms with Crippen molar-refractivity contribution in [1.82, 2.24) is 4.83 Å². The number of hydrogen-bond acceptors (Lipinski definition) is 6. The summed E-state index contributed by atoms with van der Waals surface area (Å²) < 4.78 is 37.7. The van der Waals surface area contributed by atoms with Gasteiger partial charge in [0.05, 0.1) is 15.5 Å². The molecule has 0 bridgehead atoms. The Balaban J connectivity index is 2.34. The molecule has 0 fully saturated rings. The molecule has 0 saturated carbocycles. The highest BCUT2D eigenvalue weighted by atomic mass is 32.2. The van der Waals surface area contributed by atoms with Crippen LogP contribution in [-0.4, -0.2) is 24.2 Å². The number of nitro groups is 1. The molecule has 0 amide bonds. The molecule has 0 aliphatic carbocycles. The minimum Gasteiger partial charge on any atom is -0.507 e. The van der Waals surface area contributed by atoms with E-state index in [9.17, 15) is 28.0 Å². The summed E-state index contributed by atoms with van der Waals surface area (Å²) in [4.78, 5) is 11.8. The van der Waals surface area contributed by atoms with Crippen molar-refractivity contribution in [2.24, 2.45) is 5.10 Å². The van der Waals surface area contributed by atoms with E-state index in [0.29, 0.717) is 5.56 Å². The van der Waals surface area contributed by atoms with E-state index in [1.807, 2.05) is 4.83 Å². The number of hydrogen-bond donors (Lipinski definition) is 2. The van der Waals surface area contributed by atoms with Gasteiger partial charge in [0.2, 0.25) is 0 Å². The number of rotatable bonds is 5. The van der Waals surface area contributed by atoms with E-state index in [1.54, 1.807) is 0 Å². The first-order valence-corrected chi connectivity index (χ1v) is 8.40. The molecule has 10 heteroatoms. The topological polar surface area (TPSA) is 122 Å². The number of aromatic hydroxyl groups is 1. The molecule has 2 aromatic rings. The second-order valence-corrected chi connectivity index (χ2v) is 6.82. The van der Waals surface area contributed by atoms with Gasteiger partial charge in [0.1, 0.15) is 11.6 Å². The summed E-state index contributed by atoms with van der Waals surface area (Å²) in [5.41, 5.74) is -0.000519. The third-order valence-electron chi connectivity index (χ3n) is 3.37. The molecule has 0 aliphatic rings. The van der Waals surface area contributed by atoms with E-state index < -0.39 is 20.8 Å². The maximum atomic E-state index is 13.2. The van der Waals surface area contributed by atoms with Crippen LogP contribution in [0.3, 0.4) is 0 Å². The molecule has 0 heterocycles. The Labute approximate surface area is 142 Å². The van der Waals surface area contributed by atoms with E-state index in [4.69, 9.17) is 0 Å². The largest absolute Gasteiger partial charge is 0.507 e. The Kier molecular flexibility index (Phi) is 5.02. The number of sulfonamides is 1. The molecule has 0 radical (unpaired) electrons. The van der Waals surface area contributed by atoms with Gasteiger partial charge in [-0.3, -0.25) is 10.1 Å². The molecular weight excluding hydrogens is 353 g/mol. The Morgan fingerprint density at radius 3 is 2.60 bits per heavy atom.